The Balaban J connectivity index is 2.90. The molecule has 0 fully saturated rings. The molecule has 1 amide bonds. The van der Waals surface area contributed by atoms with Crippen LogP contribution in [0.3, 0.4) is 0 Å². The van der Waals surface area contributed by atoms with E-state index >= 15 is 0 Å². The summed E-state index contributed by atoms with van der Waals surface area (Å²) in [6.45, 7) is 3.55. The zero-order valence-electron chi connectivity index (χ0n) is 14.0. The summed E-state index contributed by atoms with van der Waals surface area (Å²) in [6.07, 6.45) is 0.142. The Kier molecular flexibility index (Phi) is 7.04. The van der Waals surface area contributed by atoms with Crippen LogP contribution in [0.25, 0.3) is 0 Å². The molecule has 136 valence electrons. The van der Waals surface area contributed by atoms with Gasteiger partial charge in [-0.3, -0.25) is 19.7 Å². The Labute approximate surface area is 144 Å². The van der Waals surface area contributed by atoms with Crippen molar-refractivity contribution in [1.82, 2.24) is 5.48 Å². The van der Waals surface area contributed by atoms with Gasteiger partial charge in [0.15, 0.2) is 0 Å². The molecule has 25 heavy (non-hydrogen) atoms. The average Bonchev–Trinajstić information content (AvgIpc) is 2.57. The molecular formula is C16H20N2O7. The van der Waals surface area contributed by atoms with Crippen LogP contribution in [0, 0.1) is 15.5 Å². The van der Waals surface area contributed by atoms with E-state index in [1.807, 2.05) is 5.48 Å². The van der Waals surface area contributed by atoms with Crippen LogP contribution in [0.2, 0.25) is 0 Å². The van der Waals surface area contributed by atoms with Crippen LogP contribution in [0.1, 0.15) is 38.7 Å². The Hall–Kier alpha value is -2.97. The summed E-state index contributed by atoms with van der Waals surface area (Å²) in [5, 5.41) is 19.4. The molecule has 0 aromatic heterocycles. The molecule has 0 saturated heterocycles. The molecule has 0 bridgehead atoms. The lowest BCUT2D eigenvalue weighted by molar-refractivity contribution is -0.384. The highest BCUT2D eigenvalue weighted by Gasteiger charge is 2.36. The number of nitrogens with one attached hydrogen (secondary N) is 1. The maximum Gasteiger partial charge on any atom is 0.343 e. The van der Waals surface area contributed by atoms with Crippen LogP contribution in [-0.4, -0.2) is 27.9 Å². The number of nitrogens with zero attached hydrogens (tertiary/aromatic N) is 1. The van der Waals surface area contributed by atoms with Crippen LogP contribution in [0.15, 0.2) is 24.3 Å². The number of nitro groups is 1. The van der Waals surface area contributed by atoms with E-state index in [9.17, 15) is 24.5 Å². The lowest BCUT2D eigenvalue weighted by Gasteiger charge is -2.29. The van der Waals surface area contributed by atoms with Crippen molar-refractivity contribution >= 4 is 23.5 Å². The highest BCUT2D eigenvalue weighted by molar-refractivity contribution is 5.91. The number of hydrogen-bond donors (Lipinski definition) is 2. The molecule has 1 aromatic rings. The summed E-state index contributed by atoms with van der Waals surface area (Å²) in [5.74, 6) is -3.03. The van der Waals surface area contributed by atoms with Crippen molar-refractivity contribution in [3.05, 3.63) is 39.9 Å². The molecule has 0 aliphatic carbocycles. The van der Waals surface area contributed by atoms with Crippen molar-refractivity contribution in [2.45, 2.75) is 39.5 Å². The normalized spacial score (nSPS) is 10.8. The van der Waals surface area contributed by atoms with E-state index in [0.29, 0.717) is 18.4 Å². The number of nitro benzene ring substituents is 1. The third-order valence-electron chi connectivity index (χ3n) is 4.05. The molecule has 1 aromatic carbocycles. The molecule has 0 spiro atoms. The molecule has 1 rings (SSSR count). The van der Waals surface area contributed by atoms with Gasteiger partial charge in [0, 0.05) is 12.1 Å². The SMILES string of the molecule is CCC(CC)(Cc1cccc([N+](=O)[O-])c1)C(=O)NOC(=O)CC(=O)O. The van der Waals surface area contributed by atoms with Gasteiger partial charge in [0.25, 0.3) is 11.6 Å². The van der Waals surface area contributed by atoms with Crippen LogP contribution in [0.4, 0.5) is 5.69 Å². The Morgan fingerprint density at radius 1 is 1.28 bits per heavy atom. The standard InChI is InChI=1S/C16H20N2O7/c1-3-16(4-2,15(22)17-25-14(21)9-13(19)20)10-11-6-5-7-12(8-11)18(23)24/h5-8H,3-4,9-10H2,1-2H3,(H,17,22)(H,19,20). The van der Waals surface area contributed by atoms with Gasteiger partial charge in [0.1, 0.15) is 6.42 Å². The van der Waals surface area contributed by atoms with Gasteiger partial charge in [-0.1, -0.05) is 26.0 Å². The van der Waals surface area contributed by atoms with Crippen molar-refractivity contribution < 1.29 is 29.3 Å². The Morgan fingerprint density at radius 2 is 1.92 bits per heavy atom. The molecular weight excluding hydrogens is 332 g/mol. The molecule has 9 nitrogen and oxygen atoms in total. The first kappa shape index (κ1) is 20.1. The van der Waals surface area contributed by atoms with E-state index in [-0.39, 0.29) is 12.1 Å². The Morgan fingerprint density at radius 3 is 2.44 bits per heavy atom. The van der Waals surface area contributed by atoms with Crippen molar-refractivity contribution in [3.63, 3.8) is 0 Å². The number of hydroxylamine groups is 1. The third kappa shape index (κ3) is 5.55. The first-order chi connectivity index (χ1) is 11.7. The molecule has 0 radical (unpaired) electrons. The molecule has 0 saturated carbocycles. The second-order valence-electron chi connectivity index (χ2n) is 5.57. The number of carboxylic acid groups (broad SMARTS) is 1. The van der Waals surface area contributed by atoms with Gasteiger partial charge in [0.2, 0.25) is 0 Å². The van der Waals surface area contributed by atoms with E-state index in [1.54, 1.807) is 19.9 Å². The van der Waals surface area contributed by atoms with Gasteiger partial charge in [-0.15, -0.1) is 0 Å². The summed E-state index contributed by atoms with van der Waals surface area (Å²) >= 11 is 0. The van der Waals surface area contributed by atoms with E-state index in [0.717, 1.165) is 0 Å². The maximum atomic E-state index is 12.5. The molecule has 0 aliphatic rings. The second kappa shape index (κ2) is 8.76. The quantitative estimate of drug-likeness (QED) is 0.415. The molecule has 2 N–H and O–H groups in total. The maximum absolute atomic E-state index is 12.5. The lowest BCUT2D eigenvalue weighted by Crippen LogP contribution is -2.43. The highest BCUT2D eigenvalue weighted by atomic mass is 16.7. The van der Waals surface area contributed by atoms with E-state index in [2.05, 4.69) is 4.84 Å². The zero-order chi connectivity index (χ0) is 19.0. The summed E-state index contributed by atoms with van der Waals surface area (Å²) in [7, 11) is 0. The van der Waals surface area contributed by atoms with Crippen molar-refractivity contribution in [2.24, 2.45) is 5.41 Å². The van der Waals surface area contributed by atoms with Gasteiger partial charge in [-0.25, -0.2) is 4.79 Å². The van der Waals surface area contributed by atoms with Crippen LogP contribution in [-0.2, 0) is 25.6 Å². The van der Waals surface area contributed by atoms with Crippen molar-refractivity contribution in [2.75, 3.05) is 0 Å². The van der Waals surface area contributed by atoms with Crippen molar-refractivity contribution in [1.29, 1.82) is 0 Å². The zero-order valence-corrected chi connectivity index (χ0v) is 14.0. The monoisotopic (exact) mass is 352 g/mol. The summed E-state index contributed by atoms with van der Waals surface area (Å²) in [4.78, 5) is 49.0. The molecule has 0 heterocycles. The number of benzene rings is 1. The fourth-order valence-electron chi connectivity index (χ4n) is 2.44. The average molecular weight is 352 g/mol. The molecule has 0 unspecified atom stereocenters. The number of rotatable bonds is 8. The molecule has 0 atom stereocenters. The smallest absolute Gasteiger partial charge is 0.343 e. The largest absolute Gasteiger partial charge is 0.481 e. The van der Waals surface area contributed by atoms with Gasteiger partial charge >= 0.3 is 11.9 Å². The van der Waals surface area contributed by atoms with Crippen LogP contribution in [0.5, 0.6) is 0 Å². The minimum absolute atomic E-state index is 0.0769. The first-order valence-electron chi connectivity index (χ1n) is 7.69. The number of non-ortho nitro benzene ring substituents is 1. The summed E-state index contributed by atoms with van der Waals surface area (Å²) in [5.41, 5.74) is 1.58. The predicted molar refractivity (Wildman–Crippen MR) is 86.3 cm³/mol. The lowest BCUT2D eigenvalue weighted by atomic mass is 9.76. The number of aliphatic carboxylic acids is 1. The predicted octanol–water partition coefficient (Wildman–Crippen LogP) is 1.99. The number of carbonyl (C=O) groups excluding carboxylic acids is 2. The Bertz CT molecular complexity index is 668. The molecule has 9 heteroatoms. The summed E-state index contributed by atoms with van der Waals surface area (Å²) < 4.78 is 0. The first-order valence-corrected chi connectivity index (χ1v) is 7.69. The minimum Gasteiger partial charge on any atom is -0.481 e. The van der Waals surface area contributed by atoms with Gasteiger partial charge < -0.3 is 9.94 Å². The highest BCUT2D eigenvalue weighted by Crippen LogP contribution is 2.32. The van der Waals surface area contributed by atoms with E-state index in [1.165, 1.54) is 18.2 Å². The summed E-state index contributed by atoms with van der Waals surface area (Å²) in [6, 6.07) is 5.96. The van der Waals surface area contributed by atoms with Crippen molar-refractivity contribution in [3.8, 4) is 0 Å². The minimum atomic E-state index is -1.37. The van der Waals surface area contributed by atoms with Gasteiger partial charge in [-0.2, -0.15) is 5.48 Å². The number of carboxylic acids is 1. The topological polar surface area (TPSA) is 136 Å². The second-order valence-corrected chi connectivity index (χ2v) is 5.57. The van der Waals surface area contributed by atoms with Gasteiger partial charge in [-0.05, 0) is 24.8 Å². The van der Waals surface area contributed by atoms with E-state index in [4.69, 9.17) is 5.11 Å². The van der Waals surface area contributed by atoms with Gasteiger partial charge in [0.05, 0.1) is 10.3 Å². The number of hydrogen-bond acceptors (Lipinski definition) is 6. The fraction of sp³-hybridized carbons (Fsp3) is 0.438. The van der Waals surface area contributed by atoms with Crippen LogP contribution >= 0.6 is 0 Å². The fourth-order valence-corrected chi connectivity index (χ4v) is 2.44. The van der Waals surface area contributed by atoms with Crippen LogP contribution < -0.4 is 5.48 Å². The molecule has 0 aliphatic heterocycles. The third-order valence-corrected chi connectivity index (χ3v) is 4.05. The van der Waals surface area contributed by atoms with E-state index < -0.39 is 34.6 Å². The number of carbonyl (C=O) groups is 3. The number of amides is 1.